The highest BCUT2D eigenvalue weighted by Gasteiger charge is 2.13. The maximum Gasteiger partial charge on any atom is 0.164 e. The van der Waals surface area contributed by atoms with E-state index in [1.807, 2.05) is 0 Å². The highest BCUT2D eigenvalue weighted by molar-refractivity contribution is 5.68. The lowest BCUT2D eigenvalue weighted by atomic mass is 10.0. The zero-order chi connectivity index (χ0) is 21.4. The van der Waals surface area contributed by atoms with Crippen molar-refractivity contribution in [1.29, 1.82) is 0 Å². The van der Waals surface area contributed by atoms with Gasteiger partial charge in [0.1, 0.15) is 0 Å². The SMILES string of the molecule is Cc1cc(C)cc(-c2nc(-c3ccc(C)c(C)c3)nc(-c3ccc(C)c(C)c3)n2)c1. The standard InChI is InChI=1S/C27H27N3/c1-16-11-17(2)13-24(12-16)27-29-25(22-9-7-18(3)20(5)14-22)28-26(30-27)23-10-8-19(4)21(6)15-23/h7-15H,1-6H3. The molecule has 1 aromatic heterocycles. The van der Waals surface area contributed by atoms with E-state index in [1.54, 1.807) is 0 Å². The van der Waals surface area contributed by atoms with E-state index in [9.17, 15) is 0 Å². The fourth-order valence-electron chi connectivity index (χ4n) is 3.63. The van der Waals surface area contributed by atoms with Crippen LogP contribution in [-0.4, -0.2) is 15.0 Å². The Morgan fingerprint density at radius 2 is 0.800 bits per heavy atom. The van der Waals surface area contributed by atoms with E-state index in [0.717, 1.165) is 16.7 Å². The largest absolute Gasteiger partial charge is 0.208 e. The third-order valence-electron chi connectivity index (χ3n) is 5.65. The number of aromatic nitrogens is 3. The van der Waals surface area contributed by atoms with Gasteiger partial charge >= 0.3 is 0 Å². The second-order valence-electron chi connectivity index (χ2n) is 8.28. The molecule has 0 amide bonds. The van der Waals surface area contributed by atoms with Crippen molar-refractivity contribution < 1.29 is 0 Å². The molecule has 4 aromatic rings. The van der Waals surface area contributed by atoms with Crippen molar-refractivity contribution in [3.63, 3.8) is 0 Å². The lowest BCUT2D eigenvalue weighted by Gasteiger charge is -2.11. The average Bonchev–Trinajstić information content (AvgIpc) is 2.71. The topological polar surface area (TPSA) is 38.7 Å². The van der Waals surface area contributed by atoms with Crippen LogP contribution >= 0.6 is 0 Å². The van der Waals surface area contributed by atoms with Crippen molar-refractivity contribution in [2.24, 2.45) is 0 Å². The van der Waals surface area contributed by atoms with Crippen molar-refractivity contribution in [3.8, 4) is 34.2 Å². The van der Waals surface area contributed by atoms with Crippen LogP contribution in [0.3, 0.4) is 0 Å². The van der Waals surface area contributed by atoms with Gasteiger partial charge in [0.2, 0.25) is 0 Å². The van der Waals surface area contributed by atoms with Gasteiger partial charge in [-0.15, -0.1) is 0 Å². The van der Waals surface area contributed by atoms with Crippen LogP contribution in [0.2, 0.25) is 0 Å². The van der Waals surface area contributed by atoms with Crippen LogP contribution in [0.1, 0.15) is 33.4 Å². The highest BCUT2D eigenvalue weighted by Crippen LogP contribution is 2.27. The molecule has 30 heavy (non-hydrogen) atoms. The van der Waals surface area contributed by atoms with E-state index in [4.69, 9.17) is 15.0 Å². The lowest BCUT2D eigenvalue weighted by molar-refractivity contribution is 1.07. The van der Waals surface area contributed by atoms with Gasteiger partial charge in [-0.3, -0.25) is 0 Å². The van der Waals surface area contributed by atoms with Gasteiger partial charge in [0.25, 0.3) is 0 Å². The minimum absolute atomic E-state index is 0.704. The van der Waals surface area contributed by atoms with E-state index in [0.29, 0.717) is 17.5 Å². The zero-order valence-electron chi connectivity index (χ0n) is 18.5. The summed E-state index contributed by atoms with van der Waals surface area (Å²) < 4.78 is 0. The van der Waals surface area contributed by atoms with Crippen LogP contribution < -0.4 is 0 Å². The van der Waals surface area contributed by atoms with Gasteiger partial charge in [-0.05, 0) is 88.1 Å². The second-order valence-corrected chi connectivity index (χ2v) is 8.28. The first-order valence-electron chi connectivity index (χ1n) is 10.3. The van der Waals surface area contributed by atoms with Crippen molar-refractivity contribution in [2.45, 2.75) is 41.5 Å². The maximum absolute atomic E-state index is 4.87. The molecule has 0 aliphatic heterocycles. The zero-order valence-corrected chi connectivity index (χ0v) is 18.5. The van der Waals surface area contributed by atoms with Crippen LogP contribution in [0.5, 0.6) is 0 Å². The molecule has 0 unspecified atom stereocenters. The number of nitrogens with zero attached hydrogens (tertiary/aromatic N) is 3. The fourth-order valence-corrected chi connectivity index (χ4v) is 3.63. The summed E-state index contributed by atoms with van der Waals surface area (Å²) in [6, 6.07) is 19.2. The molecule has 0 bridgehead atoms. The molecule has 0 aliphatic carbocycles. The summed E-state index contributed by atoms with van der Waals surface area (Å²) >= 11 is 0. The molecule has 0 spiro atoms. The van der Waals surface area contributed by atoms with Crippen molar-refractivity contribution in [2.75, 3.05) is 0 Å². The van der Waals surface area contributed by atoms with Crippen LogP contribution in [0.4, 0.5) is 0 Å². The molecular weight excluding hydrogens is 366 g/mol. The van der Waals surface area contributed by atoms with Crippen molar-refractivity contribution in [3.05, 3.63) is 88.0 Å². The summed E-state index contributed by atoms with van der Waals surface area (Å²) in [6.45, 7) is 12.7. The molecule has 0 fully saturated rings. The first-order chi connectivity index (χ1) is 14.3. The summed E-state index contributed by atoms with van der Waals surface area (Å²) in [4.78, 5) is 14.6. The van der Waals surface area contributed by atoms with E-state index < -0.39 is 0 Å². The minimum Gasteiger partial charge on any atom is -0.208 e. The Balaban J connectivity index is 1.95. The van der Waals surface area contributed by atoms with Gasteiger partial charge in [0.05, 0.1) is 0 Å². The molecule has 0 atom stereocenters. The summed E-state index contributed by atoms with van der Waals surface area (Å²) in [6.07, 6.45) is 0. The van der Waals surface area contributed by atoms with Gasteiger partial charge in [0, 0.05) is 16.7 Å². The van der Waals surface area contributed by atoms with Gasteiger partial charge in [0.15, 0.2) is 17.5 Å². The van der Waals surface area contributed by atoms with Gasteiger partial charge in [-0.25, -0.2) is 15.0 Å². The maximum atomic E-state index is 4.87. The predicted octanol–water partition coefficient (Wildman–Crippen LogP) is 6.72. The molecule has 3 nitrogen and oxygen atoms in total. The Morgan fingerprint density at radius 3 is 1.20 bits per heavy atom. The van der Waals surface area contributed by atoms with E-state index >= 15 is 0 Å². The summed E-state index contributed by atoms with van der Waals surface area (Å²) in [5.41, 5.74) is 10.4. The highest BCUT2D eigenvalue weighted by atomic mass is 15.0. The number of hydrogen-bond acceptors (Lipinski definition) is 3. The van der Waals surface area contributed by atoms with Crippen LogP contribution in [-0.2, 0) is 0 Å². The number of benzene rings is 3. The van der Waals surface area contributed by atoms with Gasteiger partial charge < -0.3 is 0 Å². The summed E-state index contributed by atoms with van der Waals surface area (Å²) in [5, 5.41) is 0. The van der Waals surface area contributed by atoms with Crippen molar-refractivity contribution in [1.82, 2.24) is 15.0 Å². The second kappa shape index (κ2) is 7.83. The monoisotopic (exact) mass is 393 g/mol. The quantitative estimate of drug-likeness (QED) is 0.388. The third kappa shape index (κ3) is 4.02. The lowest BCUT2D eigenvalue weighted by Crippen LogP contribution is -2.01. The molecule has 0 saturated carbocycles. The first-order valence-corrected chi connectivity index (χ1v) is 10.3. The van der Waals surface area contributed by atoms with Crippen molar-refractivity contribution >= 4 is 0 Å². The Kier molecular flexibility index (Phi) is 5.21. The molecule has 0 radical (unpaired) electrons. The normalized spacial score (nSPS) is 11.0. The summed E-state index contributed by atoms with van der Waals surface area (Å²) in [5.74, 6) is 2.12. The Labute approximate surface area is 178 Å². The number of aryl methyl sites for hydroxylation is 6. The number of rotatable bonds is 3. The van der Waals surface area contributed by atoms with Crippen LogP contribution in [0.15, 0.2) is 54.6 Å². The predicted molar refractivity (Wildman–Crippen MR) is 125 cm³/mol. The Morgan fingerprint density at radius 1 is 0.400 bits per heavy atom. The molecular formula is C27H27N3. The molecule has 3 heteroatoms. The van der Waals surface area contributed by atoms with Gasteiger partial charge in [-0.2, -0.15) is 0 Å². The van der Waals surface area contributed by atoms with E-state index in [1.165, 1.54) is 33.4 Å². The minimum atomic E-state index is 0.704. The fraction of sp³-hybridized carbons (Fsp3) is 0.222. The van der Waals surface area contributed by atoms with Gasteiger partial charge in [-0.1, -0.05) is 41.5 Å². The molecule has 150 valence electrons. The van der Waals surface area contributed by atoms with Crippen LogP contribution in [0, 0.1) is 41.5 Å². The molecule has 0 saturated heterocycles. The molecule has 0 aliphatic rings. The molecule has 0 N–H and O–H groups in total. The average molecular weight is 394 g/mol. The third-order valence-corrected chi connectivity index (χ3v) is 5.65. The smallest absolute Gasteiger partial charge is 0.164 e. The molecule has 1 heterocycles. The Bertz CT molecular complexity index is 1170. The molecule has 4 rings (SSSR count). The van der Waals surface area contributed by atoms with Crippen LogP contribution in [0.25, 0.3) is 34.2 Å². The first kappa shape index (κ1) is 20.0. The van der Waals surface area contributed by atoms with E-state index in [-0.39, 0.29) is 0 Å². The molecule has 3 aromatic carbocycles. The Hall–Kier alpha value is -3.33. The number of hydrogen-bond donors (Lipinski definition) is 0. The summed E-state index contributed by atoms with van der Waals surface area (Å²) in [7, 11) is 0. The van der Waals surface area contributed by atoms with E-state index in [2.05, 4.69) is 96.1 Å².